The topological polar surface area (TPSA) is 56.2 Å². The normalized spacial score (nSPS) is 10.3. The summed E-state index contributed by atoms with van der Waals surface area (Å²) >= 11 is 0. The number of fused-ring (bicyclic) bond motifs is 1. The standard InChI is InChI=1S/C10H11N3O2/c1-11-13-8-6-4-3-5-7(8)9(15-2)12-10(13)14/h3-6,11H,1-2H3. The van der Waals surface area contributed by atoms with Gasteiger partial charge in [-0.3, -0.25) is 0 Å². The lowest BCUT2D eigenvalue weighted by Gasteiger charge is -2.10. The lowest BCUT2D eigenvalue weighted by Crippen LogP contribution is -2.29. The summed E-state index contributed by atoms with van der Waals surface area (Å²) < 4.78 is 6.43. The Bertz CT molecular complexity index is 548. The summed E-state index contributed by atoms with van der Waals surface area (Å²) in [7, 11) is 3.17. The fourth-order valence-electron chi connectivity index (χ4n) is 1.52. The monoisotopic (exact) mass is 205 g/mol. The molecule has 15 heavy (non-hydrogen) atoms. The lowest BCUT2D eigenvalue weighted by atomic mass is 10.2. The average Bonchev–Trinajstić information content (AvgIpc) is 2.28. The van der Waals surface area contributed by atoms with Crippen LogP contribution in [0.3, 0.4) is 0 Å². The Kier molecular flexibility index (Phi) is 2.29. The second-order valence-corrected chi connectivity index (χ2v) is 2.98. The summed E-state index contributed by atoms with van der Waals surface area (Å²) in [5.74, 6) is 0.349. The van der Waals surface area contributed by atoms with Gasteiger partial charge in [-0.05, 0) is 12.1 Å². The van der Waals surface area contributed by atoms with Crippen molar-refractivity contribution < 1.29 is 4.74 Å². The molecular weight excluding hydrogens is 194 g/mol. The third-order valence-electron chi connectivity index (χ3n) is 2.18. The van der Waals surface area contributed by atoms with E-state index in [1.807, 2.05) is 24.3 Å². The van der Waals surface area contributed by atoms with Crippen molar-refractivity contribution >= 4 is 10.9 Å². The number of hydrogen-bond acceptors (Lipinski definition) is 4. The summed E-state index contributed by atoms with van der Waals surface area (Å²) in [4.78, 5) is 15.4. The van der Waals surface area contributed by atoms with Crippen LogP contribution < -0.4 is 15.9 Å². The summed E-state index contributed by atoms with van der Waals surface area (Å²) in [6, 6.07) is 7.41. The van der Waals surface area contributed by atoms with Gasteiger partial charge in [-0.15, -0.1) is 0 Å². The molecule has 1 heterocycles. The molecule has 78 valence electrons. The van der Waals surface area contributed by atoms with E-state index in [2.05, 4.69) is 10.4 Å². The van der Waals surface area contributed by atoms with Crippen LogP contribution in [-0.2, 0) is 0 Å². The van der Waals surface area contributed by atoms with Gasteiger partial charge in [0.05, 0.1) is 18.0 Å². The molecule has 0 radical (unpaired) electrons. The Labute approximate surface area is 86.3 Å². The van der Waals surface area contributed by atoms with Crippen molar-refractivity contribution in [3.05, 3.63) is 34.7 Å². The molecule has 0 saturated carbocycles. The van der Waals surface area contributed by atoms with E-state index in [1.54, 1.807) is 7.05 Å². The van der Waals surface area contributed by atoms with Crippen molar-refractivity contribution in [1.82, 2.24) is 9.66 Å². The minimum absolute atomic E-state index is 0.349. The highest BCUT2D eigenvalue weighted by atomic mass is 16.5. The minimum Gasteiger partial charge on any atom is -0.480 e. The van der Waals surface area contributed by atoms with E-state index >= 15 is 0 Å². The third kappa shape index (κ3) is 1.41. The van der Waals surface area contributed by atoms with Crippen molar-refractivity contribution in [1.29, 1.82) is 0 Å². The molecule has 0 atom stereocenters. The van der Waals surface area contributed by atoms with Gasteiger partial charge in [0.2, 0.25) is 5.88 Å². The van der Waals surface area contributed by atoms with Gasteiger partial charge in [0.15, 0.2) is 0 Å². The van der Waals surface area contributed by atoms with Crippen molar-refractivity contribution in [2.45, 2.75) is 0 Å². The summed E-state index contributed by atoms with van der Waals surface area (Å²) in [5.41, 5.74) is 3.14. The molecule has 1 N–H and O–H groups in total. The van der Waals surface area contributed by atoms with E-state index in [1.165, 1.54) is 11.8 Å². The summed E-state index contributed by atoms with van der Waals surface area (Å²) in [6.07, 6.45) is 0. The molecule has 0 bridgehead atoms. The SMILES string of the molecule is CNn1c(=O)nc(OC)c2ccccc21. The number of hydrogen-bond donors (Lipinski definition) is 1. The molecule has 0 fully saturated rings. The zero-order chi connectivity index (χ0) is 10.8. The van der Waals surface area contributed by atoms with E-state index < -0.39 is 0 Å². The number of methoxy groups -OCH3 is 1. The maximum absolute atomic E-state index is 11.6. The van der Waals surface area contributed by atoms with Gasteiger partial charge in [-0.2, -0.15) is 4.98 Å². The smallest absolute Gasteiger partial charge is 0.369 e. The van der Waals surface area contributed by atoms with E-state index in [4.69, 9.17) is 4.74 Å². The first-order valence-electron chi connectivity index (χ1n) is 4.51. The minimum atomic E-state index is -0.381. The molecule has 0 aliphatic rings. The number of benzene rings is 1. The van der Waals surface area contributed by atoms with Crippen molar-refractivity contribution in [3.8, 4) is 5.88 Å². The highest BCUT2D eigenvalue weighted by Crippen LogP contribution is 2.19. The van der Waals surface area contributed by atoms with E-state index in [9.17, 15) is 4.79 Å². The van der Waals surface area contributed by atoms with Crippen LogP contribution in [0.15, 0.2) is 29.1 Å². The number of rotatable bonds is 2. The molecule has 0 spiro atoms. The molecular formula is C10H11N3O2. The van der Waals surface area contributed by atoms with E-state index in [0.717, 1.165) is 10.9 Å². The molecule has 0 amide bonds. The van der Waals surface area contributed by atoms with Gasteiger partial charge in [-0.1, -0.05) is 12.1 Å². The molecule has 0 aliphatic heterocycles. The van der Waals surface area contributed by atoms with Gasteiger partial charge in [0.1, 0.15) is 0 Å². The first-order valence-corrected chi connectivity index (χ1v) is 4.51. The van der Waals surface area contributed by atoms with Gasteiger partial charge < -0.3 is 10.2 Å². The molecule has 1 aromatic heterocycles. The van der Waals surface area contributed by atoms with Crippen LogP contribution in [0.4, 0.5) is 0 Å². The maximum Gasteiger partial charge on any atom is 0.369 e. The van der Waals surface area contributed by atoms with Crippen LogP contribution in [0.1, 0.15) is 0 Å². The highest BCUT2D eigenvalue weighted by molar-refractivity contribution is 5.83. The first-order chi connectivity index (χ1) is 7.27. The number of ether oxygens (including phenoxy) is 1. The number of nitrogens with zero attached hydrogens (tertiary/aromatic N) is 2. The molecule has 0 aliphatic carbocycles. The molecule has 0 unspecified atom stereocenters. The highest BCUT2D eigenvalue weighted by Gasteiger charge is 2.08. The maximum atomic E-state index is 11.6. The van der Waals surface area contributed by atoms with Crippen molar-refractivity contribution in [2.75, 3.05) is 19.6 Å². The van der Waals surface area contributed by atoms with Crippen LogP contribution in [0, 0.1) is 0 Å². The predicted molar refractivity (Wildman–Crippen MR) is 57.8 cm³/mol. The van der Waals surface area contributed by atoms with Gasteiger partial charge in [-0.25, -0.2) is 9.47 Å². The zero-order valence-electron chi connectivity index (χ0n) is 8.52. The quantitative estimate of drug-likeness (QED) is 0.779. The van der Waals surface area contributed by atoms with Crippen molar-refractivity contribution in [2.24, 2.45) is 0 Å². The van der Waals surface area contributed by atoms with Crippen LogP contribution in [0.25, 0.3) is 10.9 Å². The average molecular weight is 205 g/mol. The number of para-hydroxylation sites is 1. The Balaban J connectivity index is 2.92. The predicted octanol–water partition coefficient (Wildman–Crippen LogP) is 0.578. The molecule has 2 rings (SSSR count). The first kappa shape index (κ1) is 9.51. The van der Waals surface area contributed by atoms with Crippen molar-refractivity contribution in [3.63, 3.8) is 0 Å². The lowest BCUT2D eigenvalue weighted by molar-refractivity contribution is 0.400. The van der Waals surface area contributed by atoms with Crippen LogP contribution in [0.5, 0.6) is 5.88 Å². The molecule has 1 aromatic carbocycles. The Hall–Kier alpha value is -2.04. The van der Waals surface area contributed by atoms with Crippen LogP contribution in [-0.4, -0.2) is 23.8 Å². The summed E-state index contributed by atoms with van der Waals surface area (Å²) in [6.45, 7) is 0. The second-order valence-electron chi connectivity index (χ2n) is 2.98. The van der Waals surface area contributed by atoms with Gasteiger partial charge in [0.25, 0.3) is 0 Å². The summed E-state index contributed by atoms with van der Waals surface area (Å²) in [5, 5.41) is 0.800. The Morgan fingerprint density at radius 2 is 2.13 bits per heavy atom. The molecule has 2 aromatic rings. The fraction of sp³-hybridized carbons (Fsp3) is 0.200. The van der Waals surface area contributed by atoms with Gasteiger partial charge >= 0.3 is 5.69 Å². The Morgan fingerprint density at radius 1 is 1.40 bits per heavy atom. The fourth-order valence-corrected chi connectivity index (χ4v) is 1.52. The molecule has 0 saturated heterocycles. The molecule has 5 heteroatoms. The Morgan fingerprint density at radius 3 is 2.80 bits per heavy atom. The second kappa shape index (κ2) is 3.61. The largest absolute Gasteiger partial charge is 0.480 e. The number of nitrogens with one attached hydrogen (secondary N) is 1. The van der Waals surface area contributed by atoms with Gasteiger partial charge in [0, 0.05) is 7.05 Å². The van der Waals surface area contributed by atoms with E-state index in [0.29, 0.717) is 5.88 Å². The van der Waals surface area contributed by atoms with Crippen LogP contribution in [0.2, 0.25) is 0 Å². The van der Waals surface area contributed by atoms with E-state index in [-0.39, 0.29) is 5.69 Å². The number of aromatic nitrogens is 2. The third-order valence-corrected chi connectivity index (χ3v) is 2.18. The zero-order valence-corrected chi connectivity index (χ0v) is 8.52. The molecule has 5 nitrogen and oxygen atoms in total. The van der Waals surface area contributed by atoms with Crippen LogP contribution >= 0.6 is 0 Å².